The van der Waals surface area contributed by atoms with Crippen molar-refractivity contribution in [1.29, 1.82) is 0 Å². The summed E-state index contributed by atoms with van der Waals surface area (Å²) in [6, 6.07) is 10.1. The molecule has 1 saturated heterocycles. The van der Waals surface area contributed by atoms with Crippen LogP contribution in [0, 0.1) is 5.41 Å². The van der Waals surface area contributed by atoms with Crippen molar-refractivity contribution in [2.75, 3.05) is 18.8 Å². The van der Waals surface area contributed by atoms with Crippen LogP contribution in [0.3, 0.4) is 0 Å². The van der Waals surface area contributed by atoms with Gasteiger partial charge in [-0.05, 0) is 24.5 Å². The molecule has 5 N–H and O–H groups in total. The van der Waals surface area contributed by atoms with Crippen molar-refractivity contribution in [3.63, 3.8) is 0 Å². The molecule has 0 radical (unpaired) electrons. The smallest absolute Gasteiger partial charge is 0.306 e. The van der Waals surface area contributed by atoms with E-state index in [1.54, 1.807) is 11.1 Å². The van der Waals surface area contributed by atoms with Crippen molar-refractivity contribution in [2.24, 2.45) is 11.1 Å². The molecule has 0 unspecified atom stereocenters. The van der Waals surface area contributed by atoms with E-state index in [0.29, 0.717) is 18.1 Å². The largest absolute Gasteiger partial charge is 0.365 e. The number of carbonyl (C=O) groups is 2. The number of benzene rings is 1. The van der Waals surface area contributed by atoms with Gasteiger partial charge in [-0.25, -0.2) is 5.10 Å². The molecule has 1 saturated carbocycles. The Bertz CT molecular complexity index is 1200. The SMILES string of the molecule is C=CC(=O)N1CC2(CC([n+]3[nH]c(-c4cnn(Cc5ccccc5)c4)c(C(N)=O)c3N)C2)C1. The molecule has 1 aliphatic carbocycles. The number of carbonyl (C=O) groups excluding carboxylic acids is 2. The lowest BCUT2D eigenvalue weighted by molar-refractivity contribution is -0.776. The summed E-state index contributed by atoms with van der Waals surface area (Å²) >= 11 is 0. The minimum atomic E-state index is -0.580. The van der Waals surface area contributed by atoms with Crippen LogP contribution in [0.25, 0.3) is 11.3 Å². The fourth-order valence-corrected chi connectivity index (χ4v) is 5.01. The number of hydrogen-bond donors (Lipinski definition) is 3. The Balaban J connectivity index is 1.36. The predicted octanol–water partition coefficient (Wildman–Crippen LogP) is 1.24. The highest BCUT2D eigenvalue weighted by Crippen LogP contribution is 2.52. The third kappa shape index (κ3) is 3.26. The molecule has 1 spiro atoms. The van der Waals surface area contributed by atoms with Gasteiger partial charge in [0.05, 0.1) is 12.7 Å². The number of aromatic nitrogens is 4. The van der Waals surface area contributed by atoms with E-state index >= 15 is 0 Å². The van der Waals surface area contributed by atoms with Crippen LogP contribution in [0.4, 0.5) is 5.82 Å². The van der Waals surface area contributed by atoms with Crippen LogP contribution < -0.4 is 16.1 Å². The standard InChI is InChI=1S/C23H25N7O2/c1-2-18(31)28-13-23(14-28)8-17(9-23)30-21(24)19(22(25)32)20(27-30)16-10-26-29(12-16)11-15-6-4-3-5-7-15/h2-7,10,12,17H,1,8-9,11,13-14H2,(H4,24,25,27,32)/p+1. The summed E-state index contributed by atoms with van der Waals surface area (Å²) < 4.78 is 3.65. The lowest BCUT2D eigenvalue weighted by Crippen LogP contribution is -2.67. The average Bonchev–Trinajstić information content (AvgIpc) is 3.31. The quantitative estimate of drug-likeness (QED) is 0.400. The van der Waals surface area contributed by atoms with Gasteiger partial charge in [0.25, 0.3) is 5.91 Å². The van der Waals surface area contributed by atoms with Crippen molar-refractivity contribution in [1.82, 2.24) is 19.8 Å². The van der Waals surface area contributed by atoms with Crippen molar-refractivity contribution < 1.29 is 14.3 Å². The normalized spacial score (nSPS) is 17.1. The van der Waals surface area contributed by atoms with E-state index in [1.165, 1.54) is 6.08 Å². The monoisotopic (exact) mass is 432 g/mol. The van der Waals surface area contributed by atoms with Crippen LogP contribution in [-0.2, 0) is 11.3 Å². The second-order valence-corrected chi connectivity index (χ2v) is 8.85. The number of primary amides is 1. The number of anilines is 1. The van der Waals surface area contributed by atoms with Crippen LogP contribution in [0.5, 0.6) is 0 Å². The van der Waals surface area contributed by atoms with Gasteiger partial charge in [0.15, 0.2) is 5.56 Å². The fourth-order valence-electron chi connectivity index (χ4n) is 5.01. The summed E-state index contributed by atoms with van der Waals surface area (Å²) in [5.74, 6) is -0.276. The van der Waals surface area contributed by atoms with E-state index in [-0.39, 0.29) is 22.9 Å². The predicted molar refractivity (Wildman–Crippen MR) is 118 cm³/mol. The molecule has 9 nitrogen and oxygen atoms in total. The third-order valence-electron chi connectivity index (χ3n) is 6.59. The molecule has 9 heteroatoms. The van der Waals surface area contributed by atoms with E-state index in [4.69, 9.17) is 11.5 Å². The molecule has 3 aromatic rings. The topological polar surface area (TPSA) is 127 Å². The Morgan fingerprint density at radius 1 is 1.28 bits per heavy atom. The minimum Gasteiger partial charge on any atom is -0.365 e. The first kappa shape index (κ1) is 20.0. The van der Waals surface area contributed by atoms with Crippen molar-refractivity contribution in [3.8, 4) is 11.3 Å². The lowest BCUT2D eigenvalue weighted by Gasteiger charge is -2.57. The fraction of sp³-hybridized carbons (Fsp3) is 0.304. The molecule has 32 heavy (non-hydrogen) atoms. The number of amides is 2. The maximum Gasteiger partial charge on any atom is 0.306 e. The molecule has 164 valence electrons. The number of rotatable bonds is 6. The van der Waals surface area contributed by atoms with Crippen LogP contribution in [-0.4, -0.2) is 44.7 Å². The first-order valence-electron chi connectivity index (χ1n) is 10.6. The van der Waals surface area contributed by atoms with Gasteiger partial charge < -0.3 is 10.6 Å². The van der Waals surface area contributed by atoms with Crippen LogP contribution in [0.1, 0.15) is 34.8 Å². The van der Waals surface area contributed by atoms with Gasteiger partial charge in [-0.1, -0.05) is 36.9 Å². The minimum absolute atomic E-state index is 0.0306. The molecule has 5 rings (SSSR count). The Morgan fingerprint density at radius 3 is 2.66 bits per heavy atom. The number of hydrogen-bond acceptors (Lipinski definition) is 4. The summed E-state index contributed by atoms with van der Waals surface area (Å²) in [7, 11) is 0. The third-order valence-corrected chi connectivity index (χ3v) is 6.59. The van der Waals surface area contributed by atoms with Gasteiger partial charge in [0.2, 0.25) is 5.91 Å². The first-order chi connectivity index (χ1) is 15.4. The van der Waals surface area contributed by atoms with Crippen molar-refractivity contribution >= 4 is 17.6 Å². The Kier molecular flexibility index (Phi) is 4.61. The van der Waals surface area contributed by atoms with Crippen molar-refractivity contribution in [2.45, 2.75) is 25.4 Å². The van der Waals surface area contributed by atoms with E-state index in [9.17, 15) is 9.59 Å². The van der Waals surface area contributed by atoms with Gasteiger partial charge in [-0.2, -0.15) is 9.78 Å². The highest BCUT2D eigenvalue weighted by atomic mass is 16.2. The van der Waals surface area contributed by atoms with Gasteiger partial charge in [-0.3, -0.25) is 20.0 Å². The van der Waals surface area contributed by atoms with E-state index in [1.807, 2.05) is 45.9 Å². The highest BCUT2D eigenvalue weighted by molar-refractivity contribution is 6.02. The number of nitrogens with one attached hydrogen (secondary N) is 1. The summed E-state index contributed by atoms with van der Waals surface area (Å²) in [4.78, 5) is 25.8. The van der Waals surface area contributed by atoms with Gasteiger partial charge >= 0.3 is 5.82 Å². The zero-order chi connectivity index (χ0) is 22.5. The Labute approximate surface area is 185 Å². The van der Waals surface area contributed by atoms with Crippen molar-refractivity contribution in [3.05, 3.63) is 66.5 Å². The van der Waals surface area contributed by atoms with E-state index in [0.717, 1.165) is 37.1 Å². The van der Waals surface area contributed by atoms with Crippen LogP contribution in [0.15, 0.2) is 55.4 Å². The number of likely N-dealkylation sites (tertiary alicyclic amines) is 1. The molecule has 0 bridgehead atoms. The van der Waals surface area contributed by atoms with Crippen LogP contribution in [0.2, 0.25) is 0 Å². The summed E-state index contributed by atoms with van der Waals surface area (Å²) in [5.41, 5.74) is 14.9. The molecule has 2 amide bonds. The Morgan fingerprint density at radius 2 is 2.00 bits per heavy atom. The molecule has 3 heterocycles. The average molecular weight is 433 g/mol. The van der Waals surface area contributed by atoms with Crippen LogP contribution >= 0.6 is 0 Å². The summed E-state index contributed by atoms with van der Waals surface area (Å²) in [5, 5.41) is 7.73. The van der Waals surface area contributed by atoms with Gasteiger partial charge in [-0.15, -0.1) is 0 Å². The van der Waals surface area contributed by atoms with Gasteiger partial charge in [0, 0.05) is 30.3 Å². The zero-order valence-corrected chi connectivity index (χ0v) is 17.7. The lowest BCUT2D eigenvalue weighted by atomic mass is 9.60. The Hall–Kier alpha value is -3.88. The maximum atomic E-state index is 12.2. The molecular formula is C23H26N7O2+. The molecule has 1 aliphatic heterocycles. The number of nitrogens with zero attached hydrogens (tertiary/aromatic N) is 4. The first-order valence-corrected chi connectivity index (χ1v) is 10.6. The molecular weight excluding hydrogens is 406 g/mol. The molecule has 1 aromatic carbocycles. The van der Waals surface area contributed by atoms with E-state index < -0.39 is 5.91 Å². The molecule has 2 fully saturated rings. The number of nitrogens with two attached hydrogens (primary N) is 2. The summed E-state index contributed by atoms with van der Waals surface area (Å²) in [6.45, 7) is 5.63. The second kappa shape index (κ2) is 7.37. The highest BCUT2D eigenvalue weighted by Gasteiger charge is 2.56. The molecule has 2 aliphatic rings. The van der Waals surface area contributed by atoms with Gasteiger partial charge in [0.1, 0.15) is 11.7 Å². The van der Waals surface area contributed by atoms with E-state index in [2.05, 4.69) is 16.8 Å². The molecule has 0 atom stereocenters. The zero-order valence-electron chi connectivity index (χ0n) is 17.7. The second-order valence-electron chi connectivity index (χ2n) is 8.85. The number of nitrogen functional groups attached to an aromatic ring is 1. The summed E-state index contributed by atoms with van der Waals surface area (Å²) in [6.07, 6.45) is 6.70. The maximum absolute atomic E-state index is 12.2. The number of H-pyrrole nitrogens is 1. The molecule has 2 aromatic heterocycles. The number of aromatic amines is 1.